The molecule has 0 amide bonds. The Hall–Kier alpha value is -6.44. The molecular formula is C52H39N. The van der Waals surface area contributed by atoms with E-state index in [-0.39, 0.29) is 10.8 Å². The van der Waals surface area contributed by atoms with Crippen molar-refractivity contribution in [2.45, 2.75) is 24.7 Å². The SMILES string of the molecule is CC1(c2ccccc2)c2ccccc2-c2ccc(N(c3ccccc3-c3ccccc3)c3cccc4c3-c3ccccc3C4(C)c3ccccc3)cc21. The normalized spacial score (nSPS) is 17.8. The zero-order valence-electron chi connectivity index (χ0n) is 30.0. The fourth-order valence-electron chi connectivity index (χ4n) is 9.43. The molecule has 0 heterocycles. The molecule has 2 aliphatic carbocycles. The Labute approximate surface area is 312 Å². The lowest BCUT2D eigenvalue weighted by Gasteiger charge is -2.33. The molecule has 0 spiro atoms. The molecule has 53 heavy (non-hydrogen) atoms. The standard InChI is InChI=1S/C52H39N/c1-51(37-21-8-4-9-22-37)45-29-16-13-27-43(45)50-46(51)30-18-32-49(50)53(48-31-17-14-25-40(48)36-19-6-3-7-20-36)39-33-34-42-41-26-12-15-28-44(41)52(2,47(42)35-39)38-23-10-5-11-24-38/h3-35H,1-2H3. The van der Waals surface area contributed by atoms with Crippen LogP contribution in [-0.2, 0) is 10.8 Å². The van der Waals surface area contributed by atoms with Crippen LogP contribution in [0.4, 0.5) is 17.1 Å². The highest BCUT2D eigenvalue weighted by Gasteiger charge is 2.44. The van der Waals surface area contributed by atoms with E-state index in [2.05, 4.69) is 219 Å². The van der Waals surface area contributed by atoms with Gasteiger partial charge >= 0.3 is 0 Å². The van der Waals surface area contributed by atoms with Crippen LogP contribution in [0.25, 0.3) is 33.4 Å². The molecule has 10 rings (SSSR count). The van der Waals surface area contributed by atoms with Gasteiger partial charge in [-0.2, -0.15) is 0 Å². The third-order valence-electron chi connectivity index (χ3n) is 12.0. The van der Waals surface area contributed by atoms with E-state index in [1.54, 1.807) is 0 Å². The van der Waals surface area contributed by atoms with E-state index in [4.69, 9.17) is 0 Å². The molecule has 0 N–H and O–H groups in total. The molecule has 2 atom stereocenters. The first kappa shape index (κ1) is 31.3. The third-order valence-corrected chi connectivity index (χ3v) is 12.0. The summed E-state index contributed by atoms with van der Waals surface area (Å²) < 4.78 is 0. The number of para-hydroxylation sites is 1. The van der Waals surface area contributed by atoms with Gasteiger partial charge in [0.2, 0.25) is 0 Å². The number of benzene rings is 8. The summed E-state index contributed by atoms with van der Waals surface area (Å²) in [5.74, 6) is 0. The average molecular weight is 678 g/mol. The summed E-state index contributed by atoms with van der Waals surface area (Å²) in [6, 6.07) is 73.8. The lowest BCUT2D eigenvalue weighted by molar-refractivity contribution is 0.713. The number of hydrogen-bond acceptors (Lipinski definition) is 1. The van der Waals surface area contributed by atoms with Gasteiger partial charge in [-0.3, -0.25) is 0 Å². The van der Waals surface area contributed by atoms with Crippen LogP contribution in [0.15, 0.2) is 200 Å². The Morgan fingerprint density at radius 3 is 1.49 bits per heavy atom. The van der Waals surface area contributed by atoms with Crippen LogP contribution in [0.3, 0.4) is 0 Å². The average Bonchev–Trinajstić information content (AvgIpc) is 3.66. The smallest absolute Gasteiger partial charge is 0.0543 e. The van der Waals surface area contributed by atoms with Gasteiger partial charge in [0.05, 0.1) is 11.4 Å². The Morgan fingerprint density at radius 2 is 0.811 bits per heavy atom. The molecule has 1 heteroatoms. The molecule has 0 fully saturated rings. The van der Waals surface area contributed by atoms with E-state index >= 15 is 0 Å². The molecular weight excluding hydrogens is 639 g/mol. The van der Waals surface area contributed by atoms with Crippen molar-refractivity contribution in [1.82, 2.24) is 0 Å². The summed E-state index contributed by atoms with van der Waals surface area (Å²) in [5, 5.41) is 0. The fourth-order valence-corrected chi connectivity index (χ4v) is 9.43. The van der Waals surface area contributed by atoms with Crippen LogP contribution in [0.5, 0.6) is 0 Å². The lowest BCUT2D eigenvalue weighted by Crippen LogP contribution is -2.23. The van der Waals surface area contributed by atoms with Crippen molar-refractivity contribution in [3.05, 3.63) is 234 Å². The molecule has 8 aromatic rings. The molecule has 0 aromatic heterocycles. The van der Waals surface area contributed by atoms with E-state index in [9.17, 15) is 0 Å². The molecule has 0 radical (unpaired) electrons. The van der Waals surface area contributed by atoms with Crippen molar-refractivity contribution in [3.63, 3.8) is 0 Å². The van der Waals surface area contributed by atoms with Crippen LogP contribution in [0.1, 0.15) is 47.2 Å². The molecule has 0 saturated heterocycles. The van der Waals surface area contributed by atoms with E-state index in [0.717, 1.165) is 11.4 Å². The van der Waals surface area contributed by atoms with Crippen molar-refractivity contribution in [3.8, 4) is 33.4 Å². The molecule has 0 saturated carbocycles. The zero-order chi connectivity index (χ0) is 35.6. The van der Waals surface area contributed by atoms with Crippen molar-refractivity contribution in [1.29, 1.82) is 0 Å². The zero-order valence-corrected chi connectivity index (χ0v) is 30.0. The van der Waals surface area contributed by atoms with Crippen LogP contribution >= 0.6 is 0 Å². The number of fused-ring (bicyclic) bond motifs is 6. The van der Waals surface area contributed by atoms with Crippen LogP contribution in [0, 0.1) is 0 Å². The number of anilines is 3. The second kappa shape index (κ2) is 12.1. The van der Waals surface area contributed by atoms with Gasteiger partial charge in [0.15, 0.2) is 0 Å². The number of rotatable bonds is 6. The quantitative estimate of drug-likeness (QED) is 0.169. The Morgan fingerprint density at radius 1 is 0.340 bits per heavy atom. The van der Waals surface area contributed by atoms with E-state index in [1.165, 1.54) is 72.4 Å². The van der Waals surface area contributed by atoms with Gasteiger partial charge in [0.25, 0.3) is 0 Å². The molecule has 2 unspecified atom stereocenters. The summed E-state index contributed by atoms with van der Waals surface area (Å²) in [6.07, 6.45) is 0. The van der Waals surface area contributed by atoms with Crippen molar-refractivity contribution in [2.24, 2.45) is 0 Å². The van der Waals surface area contributed by atoms with Gasteiger partial charge in [-0.1, -0.05) is 176 Å². The summed E-state index contributed by atoms with van der Waals surface area (Å²) >= 11 is 0. The van der Waals surface area contributed by atoms with Gasteiger partial charge in [0, 0.05) is 27.6 Å². The van der Waals surface area contributed by atoms with Gasteiger partial charge in [0.1, 0.15) is 0 Å². The first-order chi connectivity index (χ1) is 26.1. The Balaban J connectivity index is 1.27. The van der Waals surface area contributed by atoms with Crippen LogP contribution in [0.2, 0.25) is 0 Å². The minimum absolute atomic E-state index is 0.306. The first-order valence-electron chi connectivity index (χ1n) is 18.6. The molecule has 2 aliphatic rings. The maximum absolute atomic E-state index is 2.53. The molecule has 252 valence electrons. The highest BCUT2D eigenvalue weighted by Crippen LogP contribution is 2.58. The van der Waals surface area contributed by atoms with Gasteiger partial charge in [-0.15, -0.1) is 0 Å². The second-order valence-electron chi connectivity index (χ2n) is 14.7. The highest BCUT2D eigenvalue weighted by atomic mass is 15.1. The second-order valence-corrected chi connectivity index (χ2v) is 14.7. The highest BCUT2D eigenvalue weighted by molar-refractivity contribution is 5.99. The fraction of sp³-hybridized carbons (Fsp3) is 0.0769. The largest absolute Gasteiger partial charge is 0.309 e. The van der Waals surface area contributed by atoms with E-state index in [0.29, 0.717) is 0 Å². The van der Waals surface area contributed by atoms with Gasteiger partial charge in [-0.05, 0) is 93.7 Å². The van der Waals surface area contributed by atoms with Crippen molar-refractivity contribution < 1.29 is 0 Å². The third kappa shape index (κ3) is 4.57. The van der Waals surface area contributed by atoms with Crippen molar-refractivity contribution in [2.75, 3.05) is 4.90 Å². The minimum Gasteiger partial charge on any atom is -0.309 e. The number of nitrogens with zero attached hydrogens (tertiary/aromatic N) is 1. The van der Waals surface area contributed by atoms with Crippen molar-refractivity contribution >= 4 is 17.1 Å². The van der Waals surface area contributed by atoms with Gasteiger partial charge in [-0.25, -0.2) is 0 Å². The van der Waals surface area contributed by atoms with E-state index in [1.807, 2.05) is 0 Å². The van der Waals surface area contributed by atoms with Crippen LogP contribution in [-0.4, -0.2) is 0 Å². The number of hydrogen-bond donors (Lipinski definition) is 0. The summed E-state index contributed by atoms with van der Waals surface area (Å²) in [5.41, 5.74) is 18.3. The summed E-state index contributed by atoms with van der Waals surface area (Å²) in [4.78, 5) is 2.53. The summed E-state index contributed by atoms with van der Waals surface area (Å²) in [6.45, 7) is 4.80. The topological polar surface area (TPSA) is 3.24 Å². The first-order valence-corrected chi connectivity index (χ1v) is 18.6. The monoisotopic (exact) mass is 677 g/mol. The molecule has 0 aliphatic heterocycles. The van der Waals surface area contributed by atoms with Gasteiger partial charge < -0.3 is 4.90 Å². The summed E-state index contributed by atoms with van der Waals surface area (Å²) in [7, 11) is 0. The predicted molar refractivity (Wildman–Crippen MR) is 221 cm³/mol. The Bertz CT molecular complexity index is 2640. The minimum atomic E-state index is -0.315. The lowest BCUT2D eigenvalue weighted by atomic mass is 9.74. The molecule has 1 nitrogen and oxygen atoms in total. The molecule has 0 bridgehead atoms. The maximum Gasteiger partial charge on any atom is 0.0543 e. The van der Waals surface area contributed by atoms with Crippen LogP contribution < -0.4 is 4.90 Å². The predicted octanol–water partition coefficient (Wildman–Crippen LogP) is 13.5. The molecule has 8 aromatic carbocycles. The maximum atomic E-state index is 2.53. The van der Waals surface area contributed by atoms with E-state index < -0.39 is 0 Å². The Kier molecular flexibility index (Phi) is 7.13.